The quantitative estimate of drug-likeness (QED) is 0.207. The molecule has 0 radical (unpaired) electrons. The number of amides is 1. The van der Waals surface area contributed by atoms with Crippen molar-refractivity contribution in [3.05, 3.63) is 88.7 Å². The molecule has 0 fully saturated rings. The van der Waals surface area contributed by atoms with E-state index < -0.39 is 0 Å². The Bertz CT molecular complexity index is 1260. The van der Waals surface area contributed by atoms with E-state index in [1.807, 2.05) is 42.5 Å². The standard InChI is InChI=1S/C28H29Cl2N3O3/c29-21-9-13-23(14-10-21)35-19-18-33-26-7-4-3-6-25(26)32-27(33)8-2-1-5-17-31-28(34)20-36-24-15-11-22(30)12-16-24/h3-4,6-7,9-16H,1-2,5,8,17-20H2,(H,31,34). The summed E-state index contributed by atoms with van der Waals surface area (Å²) in [5.74, 6) is 2.34. The van der Waals surface area contributed by atoms with E-state index in [1.54, 1.807) is 24.3 Å². The number of imidazole rings is 1. The van der Waals surface area contributed by atoms with E-state index >= 15 is 0 Å². The number of fused-ring (bicyclic) bond motifs is 1. The number of halogens is 2. The highest BCUT2D eigenvalue weighted by Crippen LogP contribution is 2.19. The molecule has 3 aromatic carbocycles. The van der Waals surface area contributed by atoms with Crippen molar-refractivity contribution in [2.75, 3.05) is 19.8 Å². The predicted octanol–water partition coefficient (Wildman–Crippen LogP) is 6.33. The van der Waals surface area contributed by atoms with Gasteiger partial charge in [-0.15, -0.1) is 0 Å². The molecule has 1 N–H and O–H groups in total. The normalized spacial score (nSPS) is 10.9. The molecule has 1 heterocycles. The third kappa shape index (κ3) is 7.64. The lowest BCUT2D eigenvalue weighted by Gasteiger charge is -2.11. The fraction of sp³-hybridized carbons (Fsp3) is 0.286. The maximum Gasteiger partial charge on any atom is 0.257 e. The molecule has 0 unspecified atom stereocenters. The monoisotopic (exact) mass is 525 g/mol. The third-order valence-corrected chi connectivity index (χ3v) is 6.22. The molecule has 0 aliphatic carbocycles. The number of nitrogens with one attached hydrogen (secondary N) is 1. The van der Waals surface area contributed by atoms with E-state index in [4.69, 9.17) is 37.7 Å². The van der Waals surface area contributed by atoms with Crippen molar-refractivity contribution in [3.8, 4) is 11.5 Å². The van der Waals surface area contributed by atoms with E-state index in [9.17, 15) is 4.79 Å². The minimum Gasteiger partial charge on any atom is -0.492 e. The van der Waals surface area contributed by atoms with Gasteiger partial charge in [0, 0.05) is 23.0 Å². The van der Waals surface area contributed by atoms with E-state index in [0.717, 1.165) is 48.3 Å². The molecule has 8 heteroatoms. The van der Waals surface area contributed by atoms with Gasteiger partial charge in [-0.25, -0.2) is 4.98 Å². The molecule has 0 aliphatic heterocycles. The summed E-state index contributed by atoms with van der Waals surface area (Å²) in [5.41, 5.74) is 2.10. The average molecular weight is 526 g/mol. The molecule has 4 aromatic rings. The highest BCUT2D eigenvalue weighted by Gasteiger charge is 2.10. The summed E-state index contributed by atoms with van der Waals surface area (Å²) < 4.78 is 13.6. The SMILES string of the molecule is O=C(COc1ccc(Cl)cc1)NCCCCCc1nc2ccccc2n1CCOc1ccc(Cl)cc1. The van der Waals surface area contributed by atoms with Gasteiger partial charge in [-0.3, -0.25) is 4.79 Å². The van der Waals surface area contributed by atoms with Gasteiger partial charge in [0.1, 0.15) is 23.9 Å². The van der Waals surface area contributed by atoms with E-state index in [1.165, 1.54) is 0 Å². The number of carbonyl (C=O) groups excluding carboxylic acids is 1. The molecule has 0 saturated carbocycles. The fourth-order valence-corrected chi connectivity index (χ4v) is 4.15. The second kappa shape index (κ2) is 13.2. The molecule has 36 heavy (non-hydrogen) atoms. The summed E-state index contributed by atoms with van der Waals surface area (Å²) in [5, 5.41) is 4.23. The highest BCUT2D eigenvalue weighted by molar-refractivity contribution is 6.30. The predicted molar refractivity (Wildman–Crippen MR) is 144 cm³/mol. The van der Waals surface area contributed by atoms with Gasteiger partial charge in [-0.1, -0.05) is 41.8 Å². The first-order chi connectivity index (χ1) is 17.6. The summed E-state index contributed by atoms with van der Waals surface area (Å²) in [7, 11) is 0. The van der Waals surface area contributed by atoms with Crippen LogP contribution in [0.1, 0.15) is 25.1 Å². The van der Waals surface area contributed by atoms with Crippen LogP contribution < -0.4 is 14.8 Å². The number of ether oxygens (including phenoxy) is 2. The third-order valence-electron chi connectivity index (χ3n) is 5.71. The Hall–Kier alpha value is -3.22. The lowest BCUT2D eigenvalue weighted by molar-refractivity contribution is -0.123. The van der Waals surface area contributed by atoms with Crippen LogP contribution in [0.2, 0.25) is 10.0 Å². The first-order valence-electron chi connectivity index (χ1n) is 12.1. The van der Waals surface area contributed by atoms with Crippen molar-refractivity contribution in [2.45, 2.75) is 32.2 Å². The second-order valence-electron chi connectivity index (χ2n) is 8.37. The summed E-state index contributed by atoms with van der Waals surface area (Å²) in [6.07, 6.45) is 3.73. The molecule has 4 rings (SSSR count). The fourth-order valence-electron chi connectivity index (χ4n) is 3.89. The van der Waals surface area contributed by atoms with Crippen molar-refractivity contribution >= 4 is 40.1 Å². The molecular weight excluding hydrogens is 497 g/mol. The summed E-state index contributed by atoms with van der Waals surface area (Å²) >= 11 is 11.8. The first-order valence-corrected chi connectivity index (χ1v) is 12.8. The summed E-state index contributed by atoms with van der Waals surface area (Å²) in [4.78, 5) is 16.9. The van der Waals surface area contributed by atoms with Crippen LogP contribution in [-0.2, 0) is 17.8 Å². The molecular formula is C28H29Cl2N3O3. The Labute approximate surface area is 221 Å². The number of hydrogen-bond donors (Lipinski definition) is 1. The van der Waals surface area contributed by atoms with Crippen molar-refractivity contribution in [1.29, 1.82) is 0 Å². The van der Waals surface area contributed by atoms with Crippen LogP contribution in [0, 0.1) is 0 Å². The van der Waals surface area contributed by atoms with Crippen molar-refractivity contribution < 1.29 is 14.3 Å². The Balaban J connectivity index is 1.19. The number of rotatable bonds is 13. The highest BCUT2D eigenvalue weighted by atomic mass is 35.5. The molecule has 0 spiro atoms. The Morgan fingerprint density at radius 1 is 0.833 bits per heavy atom. The number of unbranched alkanes of at least 4 members (excludes halogenated alkanes) is 2. The number of aryl methyl sites for hydroxylation is 1. The first kappa shape index (κ1) is 25.9. The second-order valence-corrected chi connectivity index (χ2v) is 9.25. The maximum atomic E-state index is 12.0. The largest absolute Gasteiger partial charge is 0.492 e. The van der Waals surface area contributed by atoms with Gasteiger partial charge >= 0.3 is 0 Å². The van der Waals surface area contributed by atoms with Gasteiger partial charge in [-0.2, -0.15) is 0 Å². The number of carbonyl (C=O) groups is 1. The lowest BCUT2D eigenvalue weighted by atomic mass is 10.2. The van der Waals surface area contributed by atoms with Crippen LogP contribution in [0.4, 0.5) is 0 Å². The van der Waals surface area contributed by atoms with Gasteiger partial charge in [0.2, 0.25) is 0 Å². The number of aromatic nitrogens is 2. The van der Waals surface area contributed by atoms with Gasteiger partial charge in [-0.05, 0) is 73.5 Å². The van der Waals surface area contributed by atoms with Crippen LogP contribution in [0.15, 0.2) is 72.8 Å². The lowest BCUT2D eigenvalue weighted by Crippen LogP contribution is -2.29. The maximum absolute atomic E-state index is 12.0. The topological polar surface area (TPSA) is 65.4 Å². The van der Waals surface area contributed by atoms with Crippen molar-refractivity contribution in [3.63, 3.8) is 0 Å². The van der Waals surface area contributed by atoms with E-state index in [2.05, 4.69) is 16.0 Å². The minimum atomic E-state index is -0.132. The molecule has 188 valence electrons. The van der Waals surface area contributed by atoms with Crippen LogP contribution in [0.25, 0.3) is 11.0 Å². The molecule has 1 aromatic heterocycles. The van der Waals surface area contributed by atoms with Gasteiger partial charge in [0.15, 0.2) is 6.61 Å². The smallest absolute Gasteiger partial charge is 0.257 e. The van der Waals surface area contributed by atoms with Crippen LogP contribution >= 0.6 is 23.2 Å². The minimum absolute atomic E-state index is 0.0102. The summed E-state index contributed by atoms with van der Waals surface area (Å²) in [6, 6.07) is 22.5. The van der Waals surface area contributed by atoms with Crippen LogP contribution in [0.3, 0.4) is 0 Å². The van der Waals surface area contributed by atoms with Crippen LogP contribution in [-0.4, -0.2) is 35.2 Å². The Kier molecular flexibility index (Phi) is 9.47. The number of hydrogen-bond acceptors (Lipinski definition) is 4. The van der Waals surface area contributed by atoms with Gasteiger partial charge < -0.3 is 19.4 Å². The zero-order chi connectivity index (χ0) is 25.2. The molecule has 6 nitrogen and oxygen atoms in total. The van der Waals surface area contributed by atoms with Crippen molar-refractivity contribution in [1.82, 2.24) is 14.9 Å². The average Bonchev–Trinajstić information content (AvgIpc) is 3.24. The van der Waals surface area contributed by atoms with Gasteiger partial charge in [0.05, 0.1) is 17.6 Å². The zero-order valence-corrected chi connectivity index (χ0v) is 21.5. The number of para-hydroxylation sites is 2. The van der Waals surface area contributed by atoms with Gasteiger partial charge in [0.25, 0.3) is 5.91 Å². The van der Waals surface area contributed by atoms with Crippen LogP contribution in [0.5, 0.6) is 11.5 Å². The molecule has 0 saturated heterocycles. The molecule has 0 atom stereocenters. The summed E-state index contributed by atoms with van der Waals surface area (Å²) in [6.45, 7) is 1.86. The Morgan fingerprint density at radius 3 is 2.22 bits per heavy atom. The zero-order valence-electron chi connectivity index (χ0n) is 20.0. The molecule has 0 bridgehead atoms. The van der Waals surface area contributed by atoms with Crippen molar-refractivity contribution in [2.24, 2.45) is 0 Å². The Morgan fingerprint density at radius 2 is 1.50 bits per heavy atom. The van der Waals surface area contributed by atoms with E-state index in [0.29, 0.717) is 35.5 Å². The molecule has 1 amide bonds. The molecule has 0 aliphatic rings. The number of nitrogens with zero attached hydrogens (tertiary/aromatic N) is 2. The number of benzene rings is 3. The van der Waals surface area contributed by atoms with E-state index in [-0.39, 0.29) is 12.5 Å².